The SMILES string of the molecule is Clc1ccc(N2CC3OCC32)nc1. The molecule has 0 aromatic carbocycles. The third kappa shape index (κ3) is 1.04. The van der Waals surface area contributed by atoms with Crippen molar-refractivity contribution in [1.82, 2.24) is 4.98 Å². The Morgan fingerprint density at radius 2 is 2.46 bits per heavy atom. The molecule has 0 spiro atoms. The second-order valence-corrected chi connectivity index (χ2v) is 3.86. The first-order chi connectivity index (χ1) is 6.34. The fourth-order valence-electron chi connectivity index (χ4n) is 1.78. The minimum absolute atomic E-state index is 0.456. The summed E-state index contributed by atoms with van der Waals surface area (Å²) >= 11 is 5.75. The zero-order valence-electron chi connectivity index (χ0n) is 6.98. The lowest BCUT2D eigenvalue weighted by molar-refractivity contribution is -0.113. The van der Waals surface area contributed by atoms with E-state index in [1.165, 1.54) is 0 Å². The molecule has 0 radical (unpaired) electrons. The second-order valence-electron chi connectivity index (χ2n) is 3.43. The van der Waals surface area contributed by atoms with Crippen LogP contribution in [0, 0.1) is 0 Å². The van der Waals surface area contributed by atoms with E-state index >= 15 is 0 Å². The van der Waals surface area contributed by atoms with Gasteiger partial charge in [-0.3, -0.25) is 0 Å². The summed E-state index contributed by atoms with van der Waals surface area (Å²) in [6.45, 7) is 1.81. The molecule has 2 aliphatic rings. The molecule has 3 rings (SSSR count). The summed E-state index contributed by atoms with van der Waals surface area (Å²) in [6, 6.07) is 4.39. The lowest BCUT2D eigenvalue weighted by Crippen LogP contribution is -2.71. The fraction of sp³-hybridized carbons (Fsp3) is 0.444. The predicted molar refractivity (Wildman–Crippen MR) is 50.1 cm³/mol. The maximum Gasteiger partial charge on any atom is 0.129 e. The first kappa shape index (κ1) is 7.59. The topological polar surface area (TPSA) is 25.4 Å². The summed E-state index contributed by atoms with van der Waals surface area (Å²) in [5, 5.41) is 0.686. The predicted octanol–water partition coefficient (Wildman–Crippen LogP) is 1.32. The summed E-state index contributed by atoms with van der Waals surface area (Å²) in [5.41, 5.74) is 0. The minimum atomic E-state index is 0.456. The van der Waals surface area contributed by atoms with Crippen molar-refractivity contribution >= 4 is 17.4 Å². The average molecular weight is 197 g/mol. The zero-order valence-corrected chi connectivity index (χ0v) is 7.74. The summed E-state index contributed by atoms with van der Waals surface area (Å²) < 4.78 is 5.31. The summed E-state index contributed by atoms with van der Waals surface area (Å²) in [4.78, 5) is 6.51. The highest BCUT2D eigenvalue weighted by atomic mass is 35.5. The van der Waals surface area contributed by atoms with Gasteiger partial charge in [0.25, 0.3) is 0 Å². The van der Waals surface area contributed by atoms with Crippen LogP contribution in [0.15, 0.2) is 18.3 Å². The van der Waals surface area contributed by atoms with E-state index in [0.29, 0.717) is 17.2 Å². The van der Waals surface area contributed by atoms with E-state index in [0.717, 1.165) is 19.0 Å². The van der Waals surface area contributed by atoms with Crippen LogP contribution in [-0.4, -0.2) is 30.3 Å². The number of hydrogen-bond acceptors (Lipinski definition) is 3. The van der Waals surface area contributed by atoms with Crippen molar-refractivity contribution in [3.63, 3.8) is 0 Å². The number of hydrogen-bond donors (Lipinski definition) is 0. The highest BCUT2D eigenvalue weighted by Crippen LogP contribution is 2.33. The van der Waals surface area contributed by atoms with E-state index in [1.54, 1.807) is 6.20 Å². The van der Waals surface area contributed by atoms with Gasteiger partial charge in [0.05, 0.1) is 23.8 Å². The molecule has 2 atom stereocenters. The maximum atomic E-state index is 5.75. The molecule has 0 N–H and O–H groups in total. The number of fused-ring (bicyclic) bond motifs is 1. The quantitative estimate of drug-likeness (QED) is 0.678. The molecule has 2 fully saturated rings. The van der Waals surface area contributed by atoms with Crippen LogP contribution < -0.4 is 4.90 Å². The molecule has 0 amide bonds. The van der Waals surface area contributed by atoms with E-state index in [9.17, 15) is 0 Å². The van der Waals surface area contributed by atoms with Gasteiger partial charge in [0.2, 0.25) is 0 Å². The van der Waals surface area contributed by atoms with Gasteiger partial charge in [0.15, 0.2) is 0 Å². The molecule has 0 saturated carbocycles. The van der Waals surface area contributed by atoms with E-state index < -0.39 is 0 Å². The summed E-state index contributed by atoms with van der Waals surface area (Å²) in [6.07, 6.45) is 2.14. The fourth-order valence-corrected chi connectivity index (χ4v) is 1.89. The average Bonchev–Trinajstić information content (AvgIpc) is 2.12. The molecule has 68 valence electrons. The Balaban J connectivity index is 1.81. The summed E-state index contributed by atoms with van der Waals surface area (Å²) in [7, 11) is 0. The van der Waals surface area contributed by atoms with E-state index in [1.807, 2.05) is 12.1 Å². The molecule has 1 aromatic rings. The molecule has 2 aliphatic heterocycles. The molecular formula is C9H9ClN2O. The number of pyridine rings is 1. The molecule has 2 saturated heterocycles. The minimum Gasteiger partial charge on any atom is -0.372 e. The molecule has 2 unspecified atom stereocenters. The highest BCUT2D eigenvalue weighted by molar-refractivity contribution is 6.30. The van der Waals surface area contributed by atoms with Gasteiger partial charge < -0.3 is 9.64 Å². The van der Waals surface area contributed by atoms with Crippen LogP contribution >= 0.6 is 11.6 Å². The van der Waals surface area contributed by atoms with Crippen molar-refractivity contribution < 1.29 is 4.74 Å². The van der Waals surface area contributed by atoms with Gasteiger partial charge >= 0.3 is 0 Å². The van der Waals surface area contributed by atoms with Gasteiger partial charge in [-0.15, -0.1) is 0 Å². The van der Waals surface area contributed by atoms with E-state index in [-0.39, 0.29) is 0 Å². The molecule has 13 heavy (non-hydrogen) atoms. The number of rotatable bonds is 1. The van der Waals surface area contributed by atoms with Crippen molar-refractivity contribution in [2.45, 2.75) is 12.1 Å². The molecule has 3 heterocycles. The first-order valence-electron chi connectivity index (χ1n) is 4.34. The number of aromatic nitrogens is 1. The van der Waals surface area contributed by atoms with E-state index in [2.05, 4.69) is 9.88 Å². The highest BCUT2D eigenvalue weighted by Gasteiger charge is 2.47. The zero-order chi connectivity index (χ0) is 8.84. The van der Waals surface area contributed by atoms with Gasteiger partial charge in [0, 0.05) is 12.7 Å². The number of halogens is 1. The monoisotopic (exact) mass is 196 g/mol. The first-order valence-corrected chi connectivity index (χ1v) is 4.72. The number of nitrogens with zero attached hydrogens (tertiary/aromatic N) is 2. The lowest BCUT2D eigenvalue weighted by Gasteiger charge is -2.55. The molecular weight excluding hydrogens is 188 g/mol. The van der Waals surface area contributed by atoms with Gasteiger partial charge in [-0.25, -0.2) is 4.98 Å². The maximum absolute atomic E-state index is 5.75. The van der Waals surface area contributed by atoms with Crippen molar-refractivity contribution in [3.05, 3.63) is 23.4 Å². The molecule has 3 nitrogen and oxygen atoms in total. The van der Waals surface area contributed by atoms with Crippen LogP contribution in [0.4, 0.5) is 5.82 Å². The van der Waals surface area contributed by atoms with Gasteiger partial charge in [0.1, 0.15) is 5.82 Å². The Bertz CT molecular complexity index is 327. The van der Waals surface area contributed by atoms with Crippen LogP contribution in [0.3, 0.4) is 0 Å². The normalized spacial score (nSPS) is 30.4. The van der Waals surface area contributed by atoms with Gasteiger partial charge in [-0.05, 0) is 12.1 Å². The van der Waals surface area contributed by atoms with Crippen molar-refractivity contribution in [3.8, 4) is 0 Å². The molecule has 0 aliphatic carbocycles. The van der Waals surface area contributed by atoms with Crippen LogP contribution in [0.25, 0.3) is 0 Å². The Kier molecular flexibility index (Phi) is 1.51. The van der Waals surface area contributed by atoms with Crippen LogP contribution in [0.2, 0.25) is 5.02 Å². The molecule has 0 bridgehead atoms. The molecule has 4 heteroatoms. The lowest BCUT2D eigenvalue weighted by atomic mass is 9.95. The van der Waals surface area contributed by atoms with Crippen molar-refractivity contribution in [2.24, 2.45) is 0 Å². The third-order valence-electron chi connectivity index (χ3n) is 2.69. The van der Waals surface area contributed by atoms with Crippen molar-refractivity contribution in [2.75, 3.05) is 18.1 Å². The second kappa shape index (κ2) is 2.59. The Morgan fingerprint density at radius 3 is 2.92 bits per heavy atom. The third-order valence-corrected chi connectivity index (χ3v) is 2.92. The van der Waals surface area contributed by atoms with Gasteiger partial charge in [-0.1, -0.05) is 11.6 Å². The Hall–Kier alpha value is -0.800. The van der Waals surface area contributed by atoms with Crippen LogP contribution in [0.5, 0.6) is 0 Å². The van der Waals surface area contributed by atoms with Crippen LogP contribution in [0.1, 0.15) is 0 Å². The van der Waals surface area contributed by atoms with Crippen LogP contribution in [-0.2, 0) is 4.74 Å². The smallest absolute Gasteiger partial charge is 0.129 e. The number of ether oxygens (including phenoxy) is 1. The standard InChI is InChI=1S/C9H9ClN2O/c10-6-1-2-9(11-3-6)12-4-8-7(12)5-13-8/h1-3,7-8H,4-5H2. The van der Waals surface area contributed by atoms with E-state index in [4.69, 9.17) is 16.3 Å². The number of morpholine rings is 1. The molecule has 1 aromatic heterocycles. The Morgan fingerprint density at radius 1 is 1.54 bits per heavy atom. The number of anilines is 1. The van der Waals surface area contributed by atoms with Crippen molar-refractivity contribution in [1.29, 1.82) is 0 Å². The largest absolute Gasteiger partial charge is 0.372 e. The Labute approximate surface area is 81.3 Å². The van der Waals surface area contributed by atoms with Gasteiger partial charge in [-0.2, -0.15) is 0 Å². The summed E-state index contributed by atoms with van der Waals surface area (Å²) in [5.74, 6) is 1.01.